The third-order valence-electron chi connectivity index (χ3n) is 2.06. The zero-order valence-electron chi connectivity index (χ0n) is 8.65. The van der Waals surface area contributed by atoms with E-state index in [1.807, 2.05) is 19.9 Å². The lowest BCUT2D eigenvalue weighted by Gasteiger charge is -2.12. The van der Waals surface area contributed by atoms with Crippen LogP contribution in [-0.4, -0.2) is 17.5 Å². The van der Waals surface area contributed by atoms with Crippen molar-refractivity contribution >= 4 is 12.4 Å². The molecule has 0 aliphatic rings. The number of carbonyl (C=O) groups excluding carboxylic acids is 1. The van der Waals surface area contributed by atoms with Gasteiger partial charge in [-0.1, -0.05) is 29.3 Å². The van der Waals surface area contributed by atoms with Crippen molar-refractivity contribution < 1.29 is 14.7 Å². The van der Waals surface area contributed by atoms with Crippen molar-refractivity contribution in [2.24, 2.45) is 0 Å². The van der Waals surface area contributed by atoms with Crippen molar-refractivity contribution in [3.05, 3.63) is 34.9 Å². The molecule has 1 amide bonds. The summed E-state index contributed by atoms with van der Waals surface area (Å²) in [5, 5.41) is 11.2. The molecule has 0 heterocycles. The third kappa shape index (κ3) is 2.80. The van der Waals surface area contributed by atoms with E-state index < -0.39 is 12.0 Å². The van der Waals surface area contributed by atoms with E-state index in [2.05, 4.69) is 5.32 Å². The van der Waals surface area contributed by atoms with Gasteiger partial charge in [0.05, 0.1) is 0 Å². The van der Waals surface area contributed by atoms with Crippen LogP contribution in [0.2, 0.25) is 0 Å². The minimum atomic E-state index is -1.06. The fraction of sp³-hybridized carbons (Fsp3) is 0.273. The molecule has 1 aromatic rings. The number of carboxylic acid groups (broad SMARTS) is 1. The lowest BCUT2D eigenvalue weighted by molar-refractivity contribution is -0.140. The van der Waals surface area contributed by atoms with Gasteiger partial charge in [0.2, 0.25) is 6.41 Å². The molecule has 4 nitrogen and oxygen atoms in total. The van der Waals surface area contributed by atoms with Crippen molar-refractivity contribution in [1.82, 2.24) is 5.32 Å². The van der Waals surface area contributed by atoms with Crippen LogP contribution < -0.4 is 5.32 Å². The average molecular weight is 207 g/mol. The maximum absolute atomic E-state index is 10.9. The molecule has 1 rings (SSSR count). The van der Waals surface area contributed by atoms with Crippen molar-refractivity contribution in [3.8, 4) is 0 Å². The number of rotatable bonds is 4. The number of hydrogen-bond acceptors (Lipinski definition) is 2. The van der Waals surface area contributed by atoms with Crippen LogP contribution in [0.1, 0.15) is 22.7 Å². The van der Waals surface area contributed by atoms with Gasteiger partial charge in [-0.3, -0.25) is 4.79 Å². The average Bonchev–Trinajstić information content (AvgIpc) is 2.11. The van der Waals surface area contributed by atoms with E-state index in [1.165, 1.54) is 0 Å². The zero-order valence-corrected chi connectivity index (χ0v) is 8.65. The van der Waals surface area contributed by atoms with Gasteiger partial charge in [-0.15, -0.1) is 0 Å². The normalized spacial score (nSPS) is 11.9. The number of amides is 1. The van der Waals surface area contributed by atoms with Crippen molar-refractivity contribution in [2.45, 2.75) is 19.9 Å². The van der Waals surface area contributed by atoms with Crippen LogP contribution in [0.5, 0.6) is 0 Å². The molecule has 0 aliphatic heterocycles. The summed E-state index contributed by atoms with van der Waals surface area (Å²) in [6, 6.07) is 4.48. The summed E-state index contributed by atoms with van der Waals surface area (Å²) in [6.07, 6.45) is 0.399. The Balaban J connectivity index is 3.10. The van der Waals surface area contributed by atoms with Gasteiger partial charge < -0.3 is 10.4 Å². The topological polar surface area (TPSA) is 66.4 Å². The first-order valence-electron chi connectivity index (χ1n) is 4.55. The second-order valence-corrected chi connectivity index (χ2v) is 3.48. The van der Waals surface area contributed by atoms with Crippen LogP contribution in [0, 0.1) is 13.8 Å². The predicted octanol–water partition coefficient (Wildman–Crippen LogP) is 1.18. The smallest absolute Gasteiger partial charge is 0.330 e. The Hall–Kier alpha value is -1.84. The number of nitrogens with one attached hydrogen (secondary N) is 1. The molecule has 1 unspecified atom stereocenters. The third-order valence-corrected chi connectivity index (χ3v) is 2.06. The lowest BCUT2D eigenvalue weighted by atomic mass is 10.0. The van der Waals surface area contributed by atoms with E-state index in [1.54, 1.807) is 12.1 Å². The first-order valence-corrected chi connectivity index (χ1v) is 4.55. The van der Waals surface area contributed by atoms with E-state index >= 15 is 0 Å². The van der Waals surface area contributed by atoms with Crippen molar-refractivity contribution in [2.75, 3.05) is 0 Å². The Labute approximate surface area is 87.9 Å². The predicted molar refractivity (Wildman–Crippen MR) is 55.5 cm³/mol. The number of carboxylic acids is 1. The molecule has 0 bridgehead atoms. The van der Waals surface area contributed by atoms with Gasteiger partial charge >= 0.3 is 5.97 Å². The summed E-state index contributed by atoms with van der Waals surface area (Å²) in [5.74, 6) is -1.06. The molecule has 0 spiro atoms. The largest absolute Gasteiger partial charge is 0.479 e. The van der Waals surface area contributed by atoms with Gasteiger partial charge in [0.25, 0.3) is 0 Å². The van der Waals surface area contributed by atoms with Crippen LogP contribution in [0.15, 0.2) is 18.2 Å². The standard InChI is InChI=1S/C11H13NO3/c1-7-3-8(2)5-9(4-7)10(11(14)15)12-6-13/h3-6,10H,1-2H3,(H,12,13)(H,14,15). The molecule has 1 atom stereocenters. The van der Waals surface area contributed by atoms with Gasteiger partial charge in [-0.2, -0.15) is 0 Å². The molecule has 2 N–H and O–H groups in total. The summed E-state index contributed by atoms with van der Waals surface area (Å²) < 4.78 is 0. The van der Waals surface area contributed by atoms with Crippen molar-refractivity contribution in [3.63, 3.8) is 0 Å². The minimum absolute atomic E-state index is 0.399. The lowest BCUT2D eigenvalue weighted by Crippen LogP contribution is -2.27. The highest BCUT2D eigenvalue weighted by molar-refractivity contribution is 5.78. The molecule has 15 heavy (non-hydrogen) atoms. The Morgan fingerprint density at radius 2 is 1.87 bits per heavy atom. The first kappa shape index (κ1) is 11.2. The fourth-order valence-electron chi connectivity index (χ4n) is 1.55. The van der Waals surface area contributed by atoms with Gasteiger partial charge in [0.1, 0.15) is 0 Å². The first-order chi connectivity index (χ1) is 7.04. The summed E-state index contributed by atoms with van der Waals surface area (Å²) in [6.45, 7) is 3.77. The van der Waals surface area contributed by atoms with E-state index in [0.717, 1.165) is 11.1 Å². The minimum Gasteiger partial charge on any atom is -0.479 e. The number of hydrogen-bond donors (Lipinski definition) is 2. The van der Waals surface area contributed by atoms with Crippen LogP contribution in [-0.2, 0) is 9.59 Å². The highest BCUT2D eigenvalue weighted by atomic mass is 16.4. The van der Waals surface area contributed by atoms with Gasteiger partial charge in [-0.05, 0) is 19.4 Å². The molecule has 0 saturated heterocycles. The Morgan fingerprint density at radius 1 is 1.33 bits per heavy atom. The zero-order chi connectivity index (χ0) is 11.4. The highest BCUT2D eigenvalue weighted by Crippen LogP contribution is 2.16. The molecule has 0 saturated carbocycles. The van der Waals surface area contributed by atoms with Crippen molar-refractivity contribution in [1.29, 1.82) is 0 Å². The number of carbonyl (C=O) groups is 2. The molecule has 1 aromatic carbocycles. The monoisotopic (exact) mass is 207 g/mol. The van der Waals surface area contributed by atoms with Gasteiger partial charge in [0.15, 0.2) is 6.04 Å². The Bertz CT molecular complexity index is 367. The number of aryl methyl sites for hydroxylation is 2. The second kappa shape index (κ2) is 4.59. The maximum atomic E-state index is 10.9. The molecular formula is C11H13NO3. The van der Waals surface area contributed by atoms with E-state index in [0.29, 0.717) is 12.0 Å². The van der Waals surface area contributed by atoms with Crippen LogP contribution in [0.3, 0.4) is 0 Å². The summed E-state index contributed by atoms with van der Waals surface area (Å²) >= 11 is 0. The van der Waals surface area contributed by atoms with Gasteiger partial charge in [-0.25, -0.2) is 4.79 Å². The summed E-state index contributed by atoms with van der Waals surface area (Å²) in [5.41, 5.74) is 2.54. The number of aliphatic carboxylic acids is 1. The van der Waals surface area contributed by atoms with Gasteiger partial charge in [0, 0.05) is 0 Å². The van der Waals surface area contributed by atoms with E-state index in [4.69, 9.17) is 5.11 Å². The Kier molecular flexibility index (Phi) is 3.44. The van der Waals surface area contributed by atoms with Crippen LogP contribution in [0.25, 0.3) is 0 Å². The molecule has 4 heteroatoms. The fourth-order valence-corrected chi connectivity index (χ4v) is 1.55. The van der Waals surface area contributed by atoms with Crippen LogP contribution >= 0.6 is 0 Å². The molecule has 80 valence electrons. The molecule has 0 radical (unpaired) electrons. The van der Waals surface area contributed by atoms with Crippen LogP contribution in [0.4, 0.5) is 0 Å². The molecule has 0 fully saturated rings. The number of benzene rings is 1. The van der Waals surface area contributed by atoms with E-state index in [-0.39, 0.29) is 0 Å². The van der Waals surface area contributed by atoms with E-state index in [9.17, 15) is 9.59 Å². The maximum Gasteiger partial charge on any atom is 0.330 e. The molecule has 0 aromatic heterocycles. The second-order valence-electron chi connectivity index (χ2n) is 3.48. The summed E-state index contributed by atoms with van der Waals surface area (Å²) in [4.78, 5) is 21.2. The quantitative estimate of drug-likeness (QED) is 0.728. The SMILES string of the molecule is Cc1cc(C)cc(C(NC=O)C(=O)O)c1. The summed E-state index contributed by atoms with van der Waals surface area (Å²) in [7, 11) is 0. The molecular weight excluding hydrogens is 194 g/mol. The highest BCUT2D eigenvalue weighted by Gasteiger charge is 2.18. The molecule has 0 aliphatic carbocycles. The Morgan fingerprint density at radius 3 is 2.27 bits per heavy atom.